The first-order valence-corrected chi connectivity index (χ1v) is 9.84. The minimum atomic E-state index is -3.13. The van der Waals surface area contributed by atoms with E-state index in [1.807, 2.05) is 12.1 Å². The molecule has 1 saturated carbocycles. The molecule has 0 radical (unpaired) electrons. The third-order valence-corrected chi connectivity index (χ3v) is 5.77. The van der Waals surface area contributed by atoms with Gasteiger partial charge in [0.2, 0.25) is 0 Å². The van der Waals surface area contributed by atoms with Crippen LogP contribution in [0.1, 0.15) is 43.8 Å². The summed E-state index contributed by atoms with van der Waals surface area (Å²) in [5, 5.41) is 0. The maximum Gasteiger partial charge on any atom is 0.175 e. The summed E-state index contributed by atoms with van der Waals surface area (Å²) in [6.07, 6.45) is 7.67. The molecule has 0 unspecified atom stereocenters. The van der Waals surface area contributed by atoms with Crippen LogP contribution in [-0.2, 0) is 9.84 Å². The molecular formula is C18H23NO2S. The lowest BCUT2D eigenvalue weighted by molar-refractivity contribution is 0.352. The van der Waals surface area contributed by atoms with Gasteiger partial charge in [-0.05, 0) is 49.6 Å². The molecule has 0 aliphatic heterocycles. The third kappa shape index (κ3) is 2.98. The molecule has 0 bridgehead atoms. The van der Waals surface area contributed by atoms with Gasteiger partial charge in [-0.2, -0.15) is 0 Å². The second kappa shape index (κ2) is 5.92. The first kappa shape index (κ1) is 15.3. The molecule has 22 heavy (non-hydrogen) atoms. The number of sulfone groups is 1. The van der Waals surface area contributed by atoms with E-state index in [9.17, 15) is 8.42 Å². The molecule has 118 valence electrons. The standard InChI is InChI=1S/C18H23NO2S/c1-14-8-13-18(19(14)16-6-4-3-5-7-16)15-9-11-17(12-10-15)22(2,20)21/h8-13,16H,3-7H2,1-2H3. The number of benzene rings is 1. The van der Waals surface area contributed by atoms with Crippen LogP contribution in [0.3, 0.4) is 0 Å². The number of aryl methyl sites for hydroxylation is 1. The van der Waals surface area contributed by atoms with E-state index in [-0.39, 0.29) is 0 Å². The molecule has 1 fully saturated rings. The van der Waals surface area contributed by atoms with Crippen molar-refractivity contribution in [3.8, 4) is 11.3 Å². The molecular weight excluding hydrogens is 294 g/mol. The van der Waals surface area contributed by atoms with Crippen molar-refractivity contribution < 1.29 is 8.42 Å². The number of hydrogen-bond acceptors (Lipinski definition) is 2. The van der Waals surface area contributed by atoms with Crippen LogP contribution in [-0.4, -0.2) is 19.2 Å². The Morgan fingerprint density at radius 2 is 1.59 bits per heavy atom. The van der Waals surface area contributed by atoms with Crippen molar-refractivity contribution in [3.63, 3.8) is 0 Å². The highest BCUT2D eigenvalue weighted by Crippen LogP contribution is 2.34. The van der Waals surface area contributed by atoms with Gasteiger partial charge in [0.1, 0.15) is 0 Å². The highest BCUT2D eigenvalue weighted by molar-refractivity contribution is 7.90. The Hall–Kier alpha value is -1.55. The Labute approximate surface area is 132 Å². The first-order valence-electron chi connectivity index (χ1n) is 7.95. The highest BCUT2D eigenvalue weighted by atomic mass is 32.2. The summed E-state index contributed by atoms with van der Waals surface area (Å²) in [7, 11) is -3.13. The minimum Gasteiger partial charge on any atom is -0.342 e. The predicted molar refractivity (Wildman–Crippen MR) is 89.8 cm³/mol. The number of aromatic nitrogens is 1. The van der Waals surface area contributed by atoms with Gasteiger partial charge in [-0.1, -0.05) is 31.4 Å². The topological polar surface area (TPSA) is 39.1 Å². The van der Waals surface area contributed by atoms with Crippen LogP contribution in [0, 0.1) is 6.92 Å². The maximum atomic E-state index is 11.6. The number of hydrogen-bond donors (Lipinski definition) is 0. The Morgan fingerprint density at radius 3 is 2.18 bits per heavy atom. The molecule has 0 N–H and O–H groups in total. The average Bonchev–Trinajstić information content (AvgIpc) is 2.89. The van der Waals surface area contributed by atoms with Crippen molar-refractivity contribution in [3.05, 3.63) is 42.1 Å². The lowest BCUT2D eigenvalue weighted by Crippen LogP contribution is -2.14. The van der Waals surface area contributed by atoms with Crippen molar-refractivity contribution >= 4 is 9.84 Å². The Bertz CT molecular complexity index is 751. The molecule has 3 rings (SSSR count). The normalized spacial score (nSPS) is 16.8. The fourth-order valence-electron chi connectivity index (χ4n) is 3.48. The van der Waals surface area contributed by atoms with E-state index in [0.717, 1.165) is 5.56 Å². The van der Waals surface area contributed by atoms with Gasteiger partial charge in [0.25, 0.3) is 0 Å². The van der Waals surface area contributed by atoms with Gasteiger partial charge in [-0.25, -0.2) is 8.42 Å². The molecule has 2 aromatic rings. The van der Waals surface area contributed by atoms with Crippen molar-refractivity contribution in [2.75, 3.05) is 6.26 Å². The summed E-state index contributed by atoms with van der Waals surface area (Å²) in [6, 6.07) is 12.1. The van der Waals surface area contributed by atoms with E-state index >= 15 is 0 Å². The van der Waals surface area contributed by atoms with E-state index in [0.29, 0.717) is 10.9 Å². The predicted octanol–water partition coefficient (Wildman–Crippen LogP) is 4.37. The summed E-state index contributed by atoms with van der Waals surface area (Å²) in [5.74, 6) is 0. The fraction of sp³-hybridized carbons (Fsp3) is 0.444. The Balaban J connectivity index is 1.98. The highest BCUT2D eigenvalue weighted by Gasteiger charge is 2.19. The van der Waals surface area contributed by atoms with Gasteiger partial charge in [0, 0.05) is 23.7 Å². The zero-order valence-corrected chi connectivity index (χ0v) is 14.1. The molecule has 3 nitrogen and oxygen atoms in total. The van der Waals surface area contributed by atoms with Crippen LogP contribution < -0.4 is 0 Å². The van der Waals surface area contributed by atoms with Crippen molar-refractivity contribution in [2.24, 2.45) is 0 Å². The molecule has 1 aromatic heterocycles. The summed E-state index contributed by atoms with van der Waals surface area (Å²) in [5.41, 5.74) is 3.57. The zero-order chi connectivity index (χ0) is 15.7. The maximum absolute atomic E-state index is 11.6. The molecule has 0 saturated heterocycles. The summed E-state index contributed by atoms with van der Waals surface area (Å²) in [6.45, 7) is 2.16. The fourth-order valence-corrected chi connectivity index (χ4v) is 4.11. The molecule has 1 aliphatic carbocycles. The SMILES string of the molecule is Cc1ccc(-c2ccc(S(C)(=O)=O)cc2)n1C1CCCCC1. The zero-order valence-electron chi connectivity index (χ0n) is 13.2. The lowest BCUT2D eigenvalue weighted by atomic mass is 9.94. The van der Waals surface area contributed by atoms with E-state index in [1.54, 1.807) is 12.1 Å². The molecule has 0 amide bonds. The van der Waals surface area contributed by atoms with Crippen LogP contribution >= 0.6 is 0 Å². The lowest BCUT2D eigenvalue weighted by Gasteiger charge is -2.27. The largest absolute Gasteiger partial charge is 0.342 e. The molecule has 1 aromatic carbocycles. The second-order valence-electron chi connectivity index (χ2n) is 6.32. The minimum absolute atomic E-state index is 0.378. The van der Waals surface area contributed by atoms with Gasteiger partial charge in [0.05, 0.1) is 4.90 Å². The summed E-state index contributed by atoms with van der Waals surface area (Å²) < 4.78 is 25.6. The van der Waals surface area contributed by atoms with Gasteiger partial charge >= 0.3 is 0 Å². The Kier molecular flexibility index (Phi) is 4.13. The number of rotatable bonds is 3. The van der Waals surface area contributed by atoms with Crippen molar-refractivity contribution in [2.45, 2.75) is 50.0 Å². The summed E-state index contributed by atoms with van der Waals surface area (Å²) >= 11 is 0. The average molecular weight is 317 g/mol. The van der Waals surface area contributed by atoms with Crippen LogP contribution in [0.2, 0.25) is 0 Å². The van der Waals surface area contributed by atoms with Crippen molar-refractivity contribution in [1.29, 1.82) is 0 Å². The Morgan fingerprint density at radius 1 is 0.955 bits per heavy atom. The summed E-state index contributed by atoms with van der Waals surface area (Å²) in [4.78, 5) is 0.378. The van der Waals surface area contributed by atoms with E-state index in [4.69, 9.17) is 0 Å². The first-order chi connectivity index (χ1) is 10.5. The van der Waals surface area contributed by atoms with Gasteiger partial charge in [-0.3, -0.25) is 0 Å². The molecule has 0 spiro atoms. The second-order valence-corrected chi connectivity index (χ2v) is 8.33. The van der Waals surface area contributed by atoms with Gasteiger partial charge < -0.3 is 4.57 Å². The van der Waals surface area contributed by atoms with Crippen LogP contribution in [0.15, 0.2) is 41.3 Å². The molecule has 1 heterocycles. The number of nitrogens with zero attached hydrogens (tertiary/aromatic N) is 1. The van der Waals surface area contributed by atoms with E-state index < -0.39 is 9.84 Å². The van der Waals surface area contributed by atoms with E-state index in [1.165, 1.54) is 49.7 Å². The van der Waals surface area contributed by atoms with Crippen molar-refractivity contribution in [1.82, 2.24) is 4.57 Å². The van der Waals surface area contributed by atoms with Crippen LogP contribution in [0.4, 0.5) is 0 Å². The quantitative estimate of drug-likeness (QED) is 0.843. The monoisotopic (exact) mass is 317 g/mol. The van der Waals surface area contributed by atoms with Crippen LogP contribution in [0.5, 0.6) is 0 Å². The smallest absolute Gasteiger partial charge is 0.175 e. The van der Waals surface area contributed by atoms with Crippen LogP contribution in [0.25, 0.3) is 11.3 Å². The molecule has 4 heteroatoms. The third-order valence-electron chi connectivity index (χ3n) is 4.64. The molecule has 0 atom stereocenters. The van der Waals surface area contributed by atoms with Gasteiger partial charge in [-0.15, -0.1) is 0 Å². The van der Waals surface area contributed by atoms with E-state index in [2.05, 4.69) is 23.6 Å². The molecule has 1 aliphatic rings. The van der Waals surface area contributed by atoms with Gasteiger partial charge in [0.15, 0.2) is 9.84 Å².